The Morgan fingerprint density at radius 2 is 1.73 bits per heavy atom. The third-order valence-electron chi connectivity index (χ3n) is 5.45. The van der Waals surface area contributed by atoms with Crippen molar-refractivity contribution in [2.45, 2.75) is 20.0 Å². The minimum absolute atomic E-state index is 0.120. The molecule has 1 N–H and O–H groups in total. The number of urea groups is 1. The number of nitrogens with one attached hydrogen (secondary N) is 1. The summed E-state index contributed by atoms with van der Waals surface area (Å²) in [5.41, 5.74) is 1.20. The van der Waals surface area contributed by atoms with Gasteiger partial charge in [-0.15, -0.1) is 0 Å². The van der Waals surface area contributed by atoms with Gasteiger partial charge < -0.3 is 14.2 Å². The maximum absolute atomic E-state index is 13.4. The first-order chi connectivity index (χ1) is 17.9. The standard InChI is InChI=1S/C28H25FN2O6/c1-3-13-36-22-10-8-21(9-11-22)31-27(33)23(26(32)30-28(31)34)15-18-7-12-24(25(16-18)35-2)37-17-19-5-4-6-20(29)14-19/h4-12,14-16H,3,13,17H2,1-2H3,(H,30,32,34)/b23-15-. The monoisotopic (exact) mass is 504 g/mol. The molecule has 4 rings (SSSR count). The summed E-state index contributed by atoms with van der Waals surface area (Å²) in [5, 5.41) is 2.20. The molecule has 3 aromatic carbocycles. The van der Waals surface area contributed by atoms with Crippen LogP contribution in [-0.2, 0) is 16.2 Å². The molecule has 1 fully saturated rings. The molecular weight excluding hydrogens is 479 g/mol. The number of ether oxygens (including phenoxy) is 3. The van der Waals surface area contributed by atoms with Crippen molar-refractivity contribution in [3.63, 3.8) is 0 Å². The van der Waals surface area contributed by atoms with Gasteiger partial charge in [-0.2, -0.15) is 0 Å². The van der Waals surface area contributed by atoms with Crippen LogP contribution < -0.4 is 24.4 Å². The van der Waals surface area contributed by atoms with Crippen molar-refractivity contribution in [1.82, 2.24) is 5.32 Å². The number of nitrogens with zero attached hydrogens (tertiary/aromatic N) is 1. The zero-order valence-corrected chi connectivity index (χ0v) is 20.3. The SMILES string of the molecule is CCCOc1ccc(N2C(=O)NC(=O)/C(=C/c3ccc(OCc4cccc(F)c4)c(OC)c3)C2=O)cc1. The fourth-order valence-electron chi connectivity index (χ4n) is 3.65. The summed E-state index contributed by atoms with van der Waals surface area (Å²) in [6, 6.07) is 16.5. The summed E-state index contributed by atoms with van der Waals surface area (Å²) in [5.74, 6) is -0.575. The zero-order valence-electron chi connectivity index (χ0n) is 20.3. The second-order valence-corrected chi connectivity index (χ2v) is 8.13. The summed E-state index contributed by atoms with van der Waals surface area (Å²) in [4.78, 5) is 39.1. The lowest BCUT2D eigenvalue weighted by atomic mass is 10.1. The number of rotatable bonds is 9. The predicted molar refractivity (Wildman–Crippen MR) is 135 cm³/mol. The number of anilines is 1. The first-order valence-electron chi connectivity index (χ1n) is 11.6. The first-order valence-corrected chi connectivity index (χ1v) is 11.6. The normalized spacial score (nSPS) is 14.5. The Bertz CT molecular complexity index is 1350. The van der Waals surface area contributed by atoms with Gasteiger partial charge >= 0.3 is 6.03 Å². The molecule has 0 spiro atoms. The Morgan fingerprint density at radius 3 is 2.43 bits per heavy atom. The van der Waals surface area contributed by atoms with Crippen LogP contribution in [-0.4, -0.2) is 31.6 Å². The molecule has 9 heteroatoms. The van der Waals surface area contributed by atoms with Crippen LogP contribution >= 0.6 is 0 Å². The van der Waals surface area contributed by atoms with Gasteiger partial charge in [0.25, 0.3) is 11.8 Å². The van der Waals surface area contributed by atoms with Crippen LogP contribution in [0.25, 0.3) is 6.08 Å². The maximum Gasteiger partial charge on any atom is 0.335 e. The molecule has 0 aliphatic carbocycles. The van der Waals surface area contributed by atoms with Gasteiger partial charge in [0.15, 0.2) is 11.5 Å². The van der Waals surface area contributed by atoms with E-state index in [1.807, 2.05) is 6.92 Å². The first kappa shape index (κ1) is 25.4. The lowest BCUT2D eigenvalue weighted by Crippen LogP contribution is -2.54. The molecule has 190 valence electrons. The molecule has 0 radical (unpaired) electrons. The summed E-state index contributed by atoms with van der Waals surface area (Å²) >= 11 is 0. The fraction of sp³-hybridized carbons (Fsp3) is 0.179. The van der Waals surface area contributed by atoms with Crippen molar-refractivity contribution in [3.05, 3.63) is 89.2 Å². The van der Waals surface area contributed by atoms with Gasteiger partial charge in [0.1, 0.15) is 23.7 Å². The van der Waals surface area contributed by atoms with Crippen LogP contribution in [0.1, 0.15) is 24.5 Å². The van der Waals surface area contributed by atoms with Crippen molar-refractivity contribution < 1.29 is 33.0 Å². The van der Waals surface area contributed by atoms with Gasteiger partial charge in [-0.1, -0.05) is 25.1 Å². The molecule has 37 heavy (non-hydrogen) atoms. The van der Waals surface area contributed by atoms with E-state index in [0.717, 1.165) is 11.3 Å². The molecule has 1 heterocycles. The van der Waals surface area contributed by atoms with Crippen LogP contribution in [0, 0.1) is 5.82 Å². The zero-order chi connectivity index (χ0) is 26.4. The molecule has 1 aliphatic heterocycles. The lowest BCUT2D eigenvalue weighted by molar-refractivity contribution is -0.122. The number of imide groups is 2. The summed E-state index contributed by atoms with van der Waals surface area (Å²) < 4.78 is 30.1. The van der Waals surface area contributed by atoms with E-state index in [9.17, 15) is 18.8 Å². The van der Waals surface area contributed by atoms with Crippen molar-refractivity contribution in [3.8, 4) is 17.2 Å². The third kappa shape index (κ3) is 5.95. The Morgan fingerprint density at radius 1 is 0.946 bits per heavy atom. The van der Waals surface area contributed by atoms with E-state index in [0.29, 0.717) is 40.7 Å². The van der Waals surface area contributed by atoms with E-state index in [4.69, 9.17) is 14.2 Å². The van der Waals surface area contributed by atoms with E-state index in [1.54, 1.807) is 54.6 Å². The van der Waals surface area contributed by atoms with Crippen LogP contribution in [0.3, 0.4) is 0 Å². The number of amides is 4. The number of carbonyl (C=O) groups is 3. The predicted octanol–water partition coefficient (Wildman–Crippen LogP) is 4.87. The van der Waals surface area contributed by atoms with Crippen LogP contribution in [0.5, 0.6) is 17.2 Å². The average Bonchev–Trinajstić information content (AvgIpc) is 2.89. The molecule has 0 unspecified atom stereocenters. The highest BCUT2D eigenvalue weighted by Crippen LogP contribution is 2.31. The second-order valence-electron chi connectivity index (χ2n) is 8.13. The molecule has 0 bridgehead atoms. The Balaban J connectivity index is 1.55. The molecule has 0 saturated carbocycles. The van der Waals surface area contributed by atoms with Crippen LogP contribution in [0.4, 0.5) is 14.9 Å². The molecular formula is C28H25FN2O6. The van der Waals surface area contributed by atoms with Gasteiger partial charge in [-0.3, -0.25) is 14.9 Å². The number of hydrogen-bond donors (Lipinski definition) is 1. The van der Waals surface area contributed by atoms with E-state index in [1.165, 1.54) is 25.3 Å². The van der Waals surface area contributed by atoms with Crippen molar-refractivity contribution >= 4 is 29.6 Å². The number of benzene rings is 3. The van der Waals surface area contributed by atoms with Gasteiger partial charge in [0.05, 0.1) is 19.4 Å². The quantitative estimate of drug-likeness (QED) is 0.330. The van der Waals surface area contributed by atoms with Crippen molar-refractivity contribution in [2.75, 3.05) is 18.6 Å². The average molecular weight is 505 g/mol. The van der Waals surface area contributed by atoms with E-state index >= 15 is 0 Å². The number of methoxy groups -OCH3 is 1. The van der Waals surface area contributed by atoms with Gasteiger partial charge in [-0.25, -0.2) is 14.1 Å². The van der Waals surface area contributed by atoms with E-state index in [2.05, 4.69) is 5.32 Å². The topological polar surface area (TPSA) is 94.2 Å². The number of barbiturate groups is 1. The molecule has 0 aromatic heterocycles. The van der Waals surface area contributed by atoms with Crippen molar-refractivity contribution in [1.29, 1.82) is 0 Å². The van der Waals surface area contributed by atoms with Crippen LogP contribution in [0.2, 0.25) is 0 Å². The molecule has 3 aromatic rings. The van der Waals surface area contributed by atoms with Crippen LogP contribution in [0.15, 0.2) is 72.3 Å². The Labute approximate surface area is 213 Å². The number of hydrogen-bond acceptors (Lipinski definition) is 6. The van der Waals surface area contributed by atoms with Gasteiger partial charge in [0.2, 0.25) is 0 Å². The Kier molecular flexibility index (Phi) is 7.83. The van der Waals surface area contributed by atoms with E-state index in [-0.39, 0.29) is 18.0 Å². The highest BCUT2D eigenvalue weighted by atomic mass is 19.1. The fourth-order valence-corrected chi connectivity index (χ4v) is 3.65. The third-order valence-corrected chi connectivity index (χ3v) is 5.45. The van der Waals surface area contributed by atoms with Crippen molar-refractivity contribution in [2.24, 2.45) is 0 Å². The second kappa shape index (κ2) is 11.4. The minimum atomic E-state index is -0.840. The van der Waals surface area contributed by atoms with Gasteiger partial charge in [0, 0.05) is 0 Å². The summed E-state index contributed by atoms with van der Waals surface area (Å²) in [6.07, 6.45) is 2.21. The molecule has 1 aliphatic rings. The smallest absolute Gasteiger partial charge is 0.335 e. The highest BCUT2D eigenvalue weighted by Gasteiger charge is 2.36. The Hall–Kier alpha value is -4.66. The number of halogens is 1. The largest absolute Gasteiger partial charge is 0.494 e. The summed E-state index contributed by atoms with van der Waals surface area (Å²) in [6.45, 7) is 2.65. The molecule has 1 saturated heterocycles. The lowest BCUT2D eigenvalue weighted by Gasteiger charge is -2.26. The van der Waals surface area contributed by atoms with E-state index < -0.39 is 17.8 Å². The van der Waals surface area contributed by atoms with Gasteiger partial charge in [-0.05, 0) is 72.2 Å². The molecule has 4 amide bonds. The number of carbonyl (C=O) groups excluding carboxylic acids is 3. The highest BCUT2D eigenvalue weighted by molar-refractivity contribution is 6.39. The maximum atomic E-state index is 13.4. The molecule has 0 atom stereocenters. The summed E-state index contributed by atoms with van der Waals surface area (Å²) in [7, 11) is 1.45. The molecule has 8 nitrogen and oxygen atoms in total. The minimum Gasteiger partial charge on any atom is -0.494 e.